The zero-order chi connectivity index (χ0) is 16.9. The van der Waals surface area contributed by atoms with E-state index in [1.54, 1.807) is 19.3 Å². The summed E-state index contributed by atoms with van der Waals surface area (Å²) in [7, 11) is 0. The largest absolute Gasteiger partial charge is 0.473 e. The van der Waals surface area contributed by atoms with Crippen molar-refractivity contribution in [3.05, 3.63) is 36.3 Å². The number of aryl methyl sites for hydroxylation is 1. The van der Waals surface area contributed by atoms with E-state index in [1.165, 1.54) is 0 Å². The van der Waals surface area contributed by atoms with E-state index in [0.717, 1.165) is 35.6 Å². The average molecular weight is 329 g/mol. The second-order valence-electron chi connectivity index (χ2n) is 5.94. The Kier molecular flexibility index (Phi) is 5.27. The number of ether oxygens (including phenoxy) is 2. The molecule has 6 nitrogen and oxygen atoms in total. The predicted molar refractivity (Wildman–Crippen MR) is 92.4 cm³/mol. The average Bonchev–Trinajstić information content (AvgIpc) is 2.61. The van der Waals surface area contributed by atoms with Gasteiger partial charge in [-0.1, -0.05) is 6.07 Å². The second kappa shape index (κ2) is 7.59. The second-order valence-corrected chi connectivity index (χ2v) is 5.94. The summed E-state index contributed by atoms with van der Waals surface area (Å²) in [5.41, 5.74) is 3.96. The monoisotopic (exact) mass is 329 g/mol. The smallest absolute Gasteiger partial charge is 0.237 e. The highest BCUT2D eigenvalue weighted by molar-refractivity contribution is 5.71. The van der Waals surface area contributed by atoms with Crippen LogP contribution in [-0.4, -0.2) is 54.1 Å². The summed E-state index contributed by atoms with van der Waals surface area (Å²) >= 11 is 0. The number of pyridine rings is 2. The van der Waals surface area contributed by atoms with E-state index in [4.69, 9.17) is 9.47 Å². The molecule has 1 atom stereocenters. The van der Waals surface area contributed by atoms with Gasteiger partial charge in [0, 0.05) is 42.3 Å². The first kappa shape index (κ1) is 16.7. The van der Waals surface area contributed by atoms with Crippen molar-refractivity contribution in [1.82, 2.24) is 9.97 Å². The van der Waals surface area contributed by atoms with E-state index in [1.807, 2.05) is 19.1 Å². The highest BCUT2D eigenvalue weighted by Gasteiger charge is 2.19. The Bertz CT molecular complexity index is 685. The van der Waals surface area contributed by atoms with Gasteiger partial charge >= 0.3 is 0 Å². The van der Waals surface area contributed by atoms with Gasteiger partial charge in [0.2, 0.25) is 5.88 Å². The van der Waals surface area contributed by atoms with Crippen molar-refractivity contribution in [1.29, 1.82) is 0 Å². The third-order valence-corrected chi connectivity index (χ3v) is 3.96. The lowest BCUT2D eigenvalue weighted by Crippen LogP contribution is -2.36. The Morgan fingerprint density at radius 2 is 2.12 bits per heavy atom. The van der Waals surface area contributed by atoms with E-state index in [-0.39, 0.29) is 6.61 Å². The van der Waals surface area contributed by atoms with Gasteiger partial charge in [-0.15, -0.1) is 0 Å². The lowest BCUT2D eigenvalue weighted by molar-refractivity contribution is 0.116. The third-order valence-electron chi connectivity index (χ3n) is 3.96. The first-order chi connectivity index (χ1) is 11.6. The van der Waals surface area contributed by atoms with Crippen LogP contribution in [0, 0.1) is 6.92 Å². The van der Waals surface area contributed by atoms with Gasteiger partial charge in [0.25, 0.3) is 0 Å². The van der Waals surface area contributed by atoms with Crippen molar-refractivity contribution in [3.63, 3.8) is 0 Å². The Labute approximate surface area is 142 Å². The van der Waals surface area contributed by atoms with Crippen LogP contribution in [0.4, 0.5) is 5.69 Å². The van der Waals surface area contributed by atoms with E-state index in [9.17, 15) is 5.11 Å². The van der Waals surface area contributed by atoms with Crippen molar-refractivity contribution < 1.29 is 14.6 Å². The maximum atomic E-state index is 9.49. The van der Waals surface area contributed by atoms with Crippen LogP contribution in [0.1, 0.15) is 12.6 Å². The molecule has 1 unspecified atom stereocenters. The molecule has 3 rings (SSSR count). The molecule has 2 aromatic rings. The minimum atomic E-state index is -0.537. The van der Waals surface area contributed by atoms with Crippen LogP contribution in [0.15, 0.2) is 30.6 Å². The van der Waals surface area contributed by atoms with E-state index in [2.05, 4.69) is 20.9 Å². The highest BCUT2D eigenvalue weighted by atomic mass is 16.5. The van der Waals surface area contributed by atoms with Crippen molar-refractivity contribution in [2.45, 2.75) is 20.0 Å². The first-order valence-electron chi connectivity index (χ1n) is 8.20. The zero-order valence-electron chi connectivity index (χ0n) is 14.1. The quantitative estimate of drug-likeness (QED) is 0.905. The summed E-state index contributed by atoms with van der Waals surface area (Å²) in [4.78, 5) is 11.1. The Morgan fingerprint density at radius 3 is 2.83 bits per heavy atom. The summed E-state index contributed by atoms with van der Waals surface area (Å²) in [6, 6.07) is 6.05. The number of nitrogens with zero attached hydrogens (tertiary/aromatic N) is 3. The summed E-state index contributed by atoms with van der Waals surface area (Å²) in [6.45, 7) is 6.86. The van der Waals surface area contributed by atoms with E-state index >= 15 is 0 Å². The summed E-state index contributed by atoms with van der Waals surface area (Å²) in [5, 5.41) is 9.49. The molecule has 0 bridgehead atoms. The number of aliphatic hydroxyl groups excluding tert-OH is 1. The Hall–Kier alpha value is -2.18. The van der Waals surface area contributed by atoms with Crippen LogP contribution in [0.2, 0.25) is 0 Å². The number of rotatable bonds is 5. The molecule has 0 spiro atoms. The first-order valence-corrected chi connectivity index (χ1v) is 8.20. The van der Waals surface area contributed by atoms with Crippen LogP contribution >= 0.6 is 0 Å². The van der Waals surface area contributed by atoms with Gasteiger partial charge in [-0.05, 0) is 26.0 Å². The highest BCUT2D eigenvalue weighted by Crippen LogP contribution is 2.32. The fourth-order valence-corrected chi connectivity index (χ4v) is 2.72. The summed E-state index contributed by atoms with van der Waals surface area (Å²) < 4.78 is 11.2. The molecule has 1 fully saturated rings. The molecule has 0 amide bonds. The van der Waals surface area contributed by atoms with Crippen molar-refractivity contribution >= 4 is 5.69 Å². The predicted octanol–water partition coefficient (Wildman–Crippen LogP) is 2.05. The fraction of sp³-hybridized carbons (Fsp3) is 0.444. The SMILES string of the molecule is Cc1ncccc1-c1cnc(OCC(C)O)c(N2CCOCC2)c1. The number of aromatic nitrogens is 2. The van der Waals surface area contributed by atoms with Gasteiger partial charge in [-0.2, -0.15) is 0 Å². The van der Waals surface area contributed by atoms with Crippen molar-refractivity contribution in [2.75, 3.05) is 37.8 Å². The molecule has 1 aliphatic heterocycles. The molecule has 3 heterocycles. The molecule has 0 saturated carbocycles. The Morgan fingerprint density at radius 1 is 1.33 bits per heavy atom. The maximum Gasteiger partial charge on any atom is 0.237 e. The molecule has 1 saturated heterocycles. The molecule has 24 heavy (non-hydrogen) atoms. The van der Waals surface area contributed by atoms with Crippen LogP contribution in [0.5, 0.6) is 5.88 Å². The van der Waals surface area contributed by atoms with E-state index < -0.39 is 6.10 Å². The minimum absolute atomic E-state index is 0.218. The van der Waals surface area contributed by atoms with Gasteiger partial charge in [0.05, 0.1) is 19.3 Å². The third kappa shape index (κ3) is 3.83. The van der Waals surface area contributed by atoms with Crippen molar-refractivity contribution in [3.8, 4) is 17.0 Å². The van der Waals surface area contributed by atoms with Crippen LogP contribution < -0.4 is 9.64 Å². The van der Waals surface area contributed by atoms with Gasteiger partial charge < -0.3 is 19.5 Å². The molecule has 128 valence electrons. The lowest BCUT2D eigenvalue weighted by atomic mass is 10.1. The molecule has 2 aromatic heterocycles. The maximum absolute atomic E-state index is 9.49. The number of aliphatic hydroxyl groups is 1. The topological polar surface area (TPSA) is 67.7 Å². The van der Waals surface area contributed by atoms with Gasteiger partial charge in [-0.25, -0.2) is 4.98 Å². The molecule has 6 heteroatoms. The molecule has 0 aliphatic carbocycles. The van der Waals surface area contributed by atoms with Crippen molar-refractivity contribution in [2.24, 2.45) is 0 Å². The number of hydrogen-bond donors (Lipinski definition) is 1. The minimum Gasteiger partial charge on any atom is -0.473 e. The number of anilines is 1. The van der Waals surface area contributed by atoms with Gasteiger partial charge in [-0.3, -0.25) is 4.98 Å². The Balaban J connectivity index is 1.96. The molecule has 0 aromatic carbocycles. The normalized spacial score (nSPS) is 16.0. The summed E-state index contributed by atoms with van der Waals surface area (Å²) in [6.07, 6.45) is 3.05. The molecule has 1 N–H and O–H groups in total. The molecular formula is C18H23N3O3. The van der Waals surface area contributed by atoms with Gasteiger partial charge in [0.1, 0.15) is 12.3 Å². The van der Waals surface area contributed by atoms with Crippen LogP contribution in [0.25, 0.3) is 11.1 Å². The van der Waals surface area contributed by atoms with Crippen LogP contribution in [0.3, 0.4) is 0 Å². The van der Waals surface area contributed by atoms with Gasteiger partial charge in [0.15, 0.2) is 0 Å². The number of morpholine rings is 1. The number of hydrogen-bond acceptors (Lipinski definition) is 6. The lowest BCUT2D eigenvalue weighted by Gasteiger charge is -2.30. The molecule has 1 aliphatic rings. The molecule has 0 radical (unpaired) electrons. The fourth-order valence-electron chi connectivity index (χ4n) is 2.72. The van der Waals surface area contributed by atoms with E-state index in [0.29, 0.717) is 19.1 Å². The van der Waals surface area contributed by atoms with Crippen LogP contribution in [-0.2, 0) is 4.74 Å². The summed E-state index contributed by atoms with van der Waals surface area (Å²) in [5.74, 6) is 0.545. The molecular weight excluding hydrogens is 306 g/mol. The zero-order valence-corrected chi connectivity index (χ0v) is 14.1. The standard InChI is InChI=1S/C18H23N3O3/c1-13(22)12-24-18-17(21-6-8-23-9-7-21)10-15(11-20-18)16-4-3-5-19-14(16)2/h3-5,10-11,13,22H,6-9,12H2,1-2H3.